The molecule has 0 aliphatic carbocycles. The lowest BCUT2D eigenvalue weighted by molar-refractivity contribution is 0.171. The van der Waals surface area contributed by atoms with Crippen LogP contribution in [0, 0.1) is 5.92 Å². The van der Waals surface area contributed by atoms with Gasteiger partial charge in [-0.3, -0.25) is 0 Å². The number of hydrogen-bond acceptors (Lipinski definition) is 3. The van der Waals surface area contributed by atoms with Crippen LogP contribution in [0.3, 0.4) is 0 Å². The molecule has 4 nitrogen and oxygen atoms in total. The Morgan fingerprint density at radius 2 is 1.94 bits per heavy atom. The molecule has 16 heavy (non-hydrogen) atoms. The minimum absolute atomic E-state index is 0.244. The molecule has 1 aliphatic heterocycles. The summed E-state index contributed by atoms with van der Waals surface area (Å²) in [5.74, 6) is 2.38. The van der Waals surface area contributed by atoms with Gasteiger partial charge in [-0.1, -0.05) is 13.8 Å². The minimum Gasteiger partial charge on any atom is -0.486 e. The Balaban J connectivity index is 2.27. The zero-order valence-corrected chi connectivity index (χ0v) is 9.56. The summed E-state index contributed by atoms with van der Waals surface area (Å²) in [7, 11) is 0. The average molecular weight is 220 g/mol. The van der Waals surface area contributed by atoms with Crippen molar-refractivity contribution in [2.24, 2.45) is 16.6 Å². The fourth-order valence-corrected chi connectivity index (χ4v) is 1.38. The molecule has 0 radical (unpaired) electrons. The molecule has 0 aromatic heterocycles. The molecule has 1 heterocycles. The number of nitrogens with two attached hydrogens (primary N) is 1. The van der Waals surface area contributed by atoms with Crippen LogP contribution in [-0.4, -0.2) is 19.0 Å². The maximum atomic E-state index is 5.80. The number of aliphatic imine (C=N–C) groups is 1. The molecule has 0 amide bonds. The van der Waals surface area contributed by atoms with Crippen molar-refractivity contribution in [3.63, 3.8) is 0 Å². The van der Waals surface area contributed by atoms with Crippen molar-refractivity contribution in [3.05, 3.63) is 18.2 Å². The van der Waals surface area contributed by atoms with Crippen molar-refractivity contribution >= 4 is 11.5 Å². The van der Waals surface area contributed by atoms with E-state index in [1.165, 1.54) is 0 Å². The van der Waals surface area contributed by atoms with Crippen LogP contribution in [0.25, 0.3) is 0 Å². The normalized spacial score (nSPS) is 15.3. The summed E-state index contributed by atoms with van der Waals surface area (Å²) >= 11 is 0. The monoisotopic (exact) mass is 220 g/mol. The Labute approximate surface area is 95.1 Å². The number of rotatable bonds is 2. The summed E-state index contributed by atoms with van der Waals surface area (Å²) in [5.41, 5.74) is 6.60. The van der Waals surface area contributed by atoms with Gasteiger partial charge < -0.3 is 15.2 Å². The number of ether oxygens (including phenoxy) is 2. The van der Waals surface area contributed by atoms with Crippen LogP contribution in [-0.2, 0) is 0 Å². The van der Waals surface area contributed by atoms with E-state index >= 15 is 0 Å². The Morgan fingerprint density at radius 3 is 2.62 bits per heavy atom. The van der Waals surface area contributed by atoms with Gasteiger partial charge in [0.25, 0.3) is 0 Å². The van der Waals surface area contributed by atoms with Crippen LogP contribution in [0.4, 0.5) is 5.69 Å². The molecule has 4 heteroatoms. The molecule has 0 atom stereocenters. The van der Waals surface area contributed by atoms with Crippen molar-refractivity contribution in [2.45, 2.75) is 13.8 Å². The molecule has 2 rings (SSSR count). The third-order valence-electron chi connectivity index (χ3n) is 2.38. The van der Waals surface area contributed by atoms with Crippen molar-refractivity contribution in [1.82, 2.24) is 0 Å². The zero-order valence-electron chi connectivity index (χ0n) is 9.56. The highest BCUT2D eigenvalue weighted by Crippen LogP contribution is 2.33. The number of fused-ring (bicyclic) bond motifs is 1. The molecular weight excluding hydrogens is 204 g/mol. The van der Waals surface area contributed by atoms with Crippen LogP contribution in [0.5, 0.6) is 11.5 Å². The lowest BCUT2D eigenvalue weighted by Gasteiger charge is -2.18. The second-order valence-electron chi connectivity index (χ2n) is 4.02. The first-order valence-corrected chi connectivity index (χ1v) is 5.40. The number of benzene rings is 1. The number of nitrogens with zero attached hydrogens (tertiary/aromatic N) is 1. The third-order valence-corrected chi connectivity index (χ3v) is 2.38. The average Bonchev–Trinajstić information content (AvgIpc) is 2.28. The largest absolute Gasteiger partial charge is 0.486 e. The van der Waals surface area contributed by atoms with Crippen LogP contribution in [0.1, 0.15) is 13.8 Å². The van der Waals surface area contributed by atoms with Crippen LogP contribution in [0.15, 0.2) is 23.2 Å². The van der Waals surface area contributed by atoms with Gasteiger partial charge in [0, 0.05) is 12.0 Å². The van der Waals surface area contributed by atoms with E-state index in [1.54, 1.807) is 0 Å². The number of amidine groups is 1. The Hall–Kier alpha value is -1.71. The van der Waals surface area contributed by atoms with Gasteiger partial charge in [0.2, 0.25) is 0 Å². The predicted octanol–water partition coefficient (Wildman–Crippen LogP) is 2.10. The van der Waals surface area contributed by atoms with E-state index in [0.29, 0.717) is 19.0 Å². The molecule has 0 saturated heterocycles. The highest BCUT2D eigenvalue weighted by Gasteiger charge is 2.11. The van der Waals surface area contributed by atoms with Gasteiger partial charge in [0.1, 0.15) is 19.0 Å². The van der Waals surface area contributed by atoms with Gasteiger partial charge in [-0.25, -0.2) is 4.99 Å². The molecule has 1 aromatic rings. The van der Waals surface area contributed by atoms with Gasteiger partial charge in [0.05, 0.1) is 5.69 Å². The second-order valence-corrected chi connectivity index (χ2v) is 4.02. The van der Waals surface area contributed by atoms with E-state index in [-0.39, 0.29) is 5.92 Å². The standard InChI is InChI=1S/C12H16N2O2/c1-8(2)12(13)14-9-3-4-10-11(7-9)16-6-5-15-10/h3-4,7-8H,5-6H2,1-2H3,(H2,13,14). The molecule has 0 saturated carbocycles. The fraction of sp³-hybridized carbons (Fsp3) is 0.417. The number of hydrogen-bond donors (Lipinski definition) is 1. The smallest absolute Gasteiger partial charge is 0.163 e. The van der Waals surface area contributed by atoms with E-state index < -0.39 is 0 Å². The van der Waals surface area contributed by atoms with Crippen molar-refractivity contribution in [2.75, 3.05) is 13.2 Å². The Bertz CT molecular complexity index is 413. The van der Waals surface area contributed by atoms with Crippen molar-refractivity contribution < 1.29 is 9.47 Å². The van der Waals surface area contributed by atoms with E-state index in [9.17, 15) is 0 Å². The van der Waals surface area contributed by atoms with Gasteiger partial charge in [0.15, 0.2) is 11.5 Å². The van der Waals surface area contributed by atoms with E-state index in [0.717, 1.165) is 17.2 Å². The Morgan fingerprint density at radius 1 is 1.25 bits per heavy atom. The van der Waals surface area contributed by atoms with Crippen LogP contribution < -0.4 is 15.2 Å². The topological polar surface area (TPSA) is 56.8 Å². The summed E-state index contributed by atoms with van der Waals surface area (Å²) < 4.78 is 10.9. The highest BCUT2D eigenvalue weighted by atomic mass is 16.6. The molecule has 1 aliphatic rings. The van der Waals surface area contributed by atoms with E-state index in [1.807, 2.05) is 32.0 Å². The third kappa shape index (κ3) is 2.27. The lowest BCUT2D eigenvalue weighted by Crippen LogP contribution is -2.18. The van der Waals surface area contributed by atoms with Crippen molar-refractivity contribution in [3.8, 4) is 11.5 Å². The summed E-state index contributed by atoms with van der Waals surface area (Å²) in [4.78, 5) is 4.33. The minimum atomic E-state index is 0.244. The first-order chi connectivity index (χ1) is 7.66. The van der Waals surface area contributed by atoms with Gasteiger partial charge >= 0.3 is 0 Å². The molecule has 86 valence electrons. The second kappa shape index (κ2) is 4.43. The zero-order chi connectivity index (χ0) is 11.5. The van der Waals surface area contributed by atoms with E-state index in [4.69, 9.17) is 15.2 Å². The molecule has 2 N–H and O–H groups in total. The molecule has 1 aromatic carbocycles. The first-order valence-electron chi connectivity index (χ1n) is 5.40. The summed E-state index contributed by atoms with van der Waals surface area (Å²) in [6, 6.07) is 5.59. The van der Waals surface area contributed by atoms with Gasteiger partial charge in [-0.15, -0.1) is 0 Å². The maximum absolute atomic E-state index is 5.80. The lowest BCUT2D eigenvalue weighted by atomic mass is 10.2. The Kier molecular flexibility index (Phi) is 2.99. The first kappa shape index (κ1) is 10.8. The molecule has 0 spiro atoms. The summed E-state index contributed by atoms with van der Waals surface area (Å²) in [6.07, 6.45) is 0. The SMILES string of the molecule is CC(C)C(N)=Nc1ccc2c(c1)OCCO2. The highest BCUT2D eigenvalue weighted by molar-refractivity contribution is 5.85. The molecule has 0 bridgehead atoms. The van der Waals surface area contributed by atoms with Crippen LogP contribution in [0.2, 0.25) is 0 Å². The summed E-state index contributed by atoms with van der Waals surface area (Å²) in [5, 5.41) is 0. The van der Waals surface area contributed by atoms with Gasteiger partial charge in [-0.05, 0) is 12.1 Å². The van der Waals surface area contributed by atoms with Crippen LogP contribution >= 0.6 is 0 Å². The van der Waals surface area contributed by atoms with E-state index in [2.05, 4.69) is 4.99 Å². The molecule has 0 fully saturated rings. The molecule has 0 unspecified atom stereocenters. The van der Waals surface area contributed by atoms with Gasteiger partial charge in [-0.2, -0.15) is 0 Å². The quantitative estimate of drug-likeness (QED) is 0.613. The maximum Gasteiger partial charge on any atom is 0.163 e. The fourth-order valence-electron chi connectivity index (χ4n) is 1.38. The predicted molar refractivity (Wildman–Crippen MR) is 63.6 cm³/mol. The van der Waals surface area contributed by atoms with Crippen molar-refractivity contribution in [1.29, 1.82) is 0 Å². The summed E-state index contributed by atoms with van der Waals surface area (Å²) in [6.45, 7) is 5.21. The molecular formula is C12H16N2O2.